The first-order valence-corrected chi connectivity index (χ1v) is 6.51. The number of rotatable bonds is 4. The van der Waals surface area contributed by atoms with Gasteiger partial charge < -0.3 is 4.74 Å². The summed E-state index contributed by atoms with van der Waals surface area (Å²) in [6.45, 7) is 4.20. The van der Waals surface area contributed by atoms with Gasteiger partial charge in [-0.15, -0.1) is 0 Å². The van der Waals surface area contributed by atoms with E-state index in [1.54, 1.807) is 18.2 Å². The van der Waals surface area contributed by atoms with E-state index in [9.17, 15) is 4.79 Å². The molecule has 0 atom stereocenters. The van der Waals surface area contributed by atoms with Crippen molar-refractivity contribution in [3.63, 3.8) is 0 Å². The average Bonchev–Trinajstić information content (AvgIpc) is 2.39. The van der Waals surface area contributed by atoms with Crippen LogP contribution in [0.3, 0.4) is 0 Å². The highest BCUT2D eigenvalue weighted by molar-refractivity contribution is 6.33. The SMILES string of the molecule is CC(C)c1ccccc1Oc1cccc(Cl)c1C=O. The van der Waals surface area contributed by atoms with Crippen molar-refractivity contribution in [3.05, 3.63) is 58.6 Å². The van der Waals surface area contributed by atoms with E-state index in [4.69, 9.17) is 16.3 Å². The van der Waals surface area contributed by atoms with Crippen LogP contribution in [0.5, 0.6) is 11.5 Å². The van der Waals surface area contributed by atoms with Crippen molar-refractivity contribution in [1.29, 1.82) is 0 Å². The third-order valence-corrected chi connectivity index (χ3v) is 3.22. The molecule has 2 nitrogen and oxygen atoms in total. The van der Waals surface area contributed by atoms with E-state index in [0.29, 0.717) is 22.3 Å². The number of hydrogen-bond acceptors (Lipinski definition) is 2. The second-order valence-electron chi connectivity index (χ2n) is 4.56. The van der Waals surface area contributed by atoms with Crippen molar-refractivity contribution in [2.45, 2.75) is 19.8 Å². The van der Waals surface area contributed by atoms with Crippen molar-refractivity contribution < 1.29 is 9.53 Å². The molecule has 2 aromatic carbocycles. The molecule has 0 spiro atoms. The van der Waals surface area contributed by atoms with Crippen molar-refractivity contribution in [1.82, 2.24) is 0 Å². The Morgan fingerprint density at radius 2 is 1.74 bits per heavy atom. The molecule has 2 rings (SSSR count). The van der Waals surface area contributed by atoms with E-state index in [1.807, 2.05) is 24.3 Å². The maximum atomic E-state index is 11.1. The van der Waals surface area contributed by atoms with Gasteiger partial charge in [0, 0.05) is 0 Å². The minimum absolute atomic E-state index is 0.343. The predicted octanol–water partition coefficient (Wildman–Crippen LogP) is 5.07. The van der Waals surface area contributed by atoms with Crippen LogP contribution in [-0.2, 0) is 0 Å². The lowest BCUT2D eigenvalue weighted by Crippen LogP contribution is -1.96. The fourth-order valence-corrected chi connectivity index (χ4v) is 2.10. The first-order valence-electron chi connectivity index (χ1n) is 6.14. The molecule has 0 fully saturated rings. The summed E-state index contributed by atoms with van der Waals surface area (Å²) in [7, 11) is 0. The van der Waals surface area contributed by atoms with Gasteiger partial charge in [0.15, 0.2) is 6.29 Å². The van der Waals surface area contributed by atoms with Crippen LogP contribution in [0.2, 0.25) is 5.02 Å². The third-order valence-electron chi connectivity index (χ3n) is 2.89. The summed E-state index contributed by atoms with van der Waals surface area (Å²) in [5.41, 5.74) is 1.47. The number of aldehydes is 1. The van der Waals surface area contributed by atoms with Crippen LogP contribution >= 0.6 is 11.6 Å². The van der Waals surface area contributed by atoms with Crippen LogP contribution in [0, 0.1) is 0 Å². The molecule has 2 aromatic rings. The second-order valence-corrected chi connectivity index (χ2v) is 4.97. The van der Waals surface area contributed by atoms with Crippen molar-refractivity contribution in [2.75, 3.05) is 0 Å². The Balaban J connectivity index is 2.42. The van der Waals surface area contributed by atoms with Gasteiger partial charge >= 0.3 is 0 Å². The fourth-order valence-electron chi connectivity index (χ4n) is 1.89. The Kier molecular flexibility index (Phi) is 4.23. The first-order chi connectivity index (χ1) is 9.13. The quantitative estimate of drug-likeness (QED) is 0.728. The zero-order valence-electron chi connectivity index (χ0n) is 10.9. The molecule has 0 saturated heterocycles. The monoisotopic (exact) mass is 274 g/mol. The lowest BCUT2D eigenvalue weighted by Gasteiger charge is -2.14. The molecule has 0 aromatic heterocycles. The summed E-state index contributed by atoms with van der Waals surface area (Å²) in [6.07, 6.45) is 0.718. The predicted molar refractivity (Wildman–Crippen MR) is 77.4 cm³/mol. The summed E-state index contributed by atoms with van der Waals surface area (Å²) >= 11 is 5.99. The Morgan fingerprint density at radius 3 is 2.42 bits per heavy atom. The van der Waals surface area contributed by atoms with Gasteiger partial charge in [-0.1, -0.05) is 49.7 Å². The molecule has 0 radical (unpaired) electrons. The highest BCUT2D eigenvalue weighted by atomic mass is 35.5. The smallest absolute Gasteiger partial charge is 0.155 e. The van der Waals surface area contributed by atoms with E-state index in [2.05, 4.69) is 13.8 Å². The molecule has 3 heteroatoms. The van der Waals surface area contributed by atoms with E-state index >= 15 is 0 Å². The Hall–Kier alpha value is -1.80. The number of hydrogen-bond donors (Lipinski definition) is 0. The normalized spacial score (nSPS) is 10.5. The fraction of sp³-hybridized carbons (Fsp3) is 0.188. The van der Waals surface area contributed by atoms with E-state index < -0.39 is 0 Å². The number of carbonyl (C=O) groups excluding carboxylic acids is 1. The Morgan fingerprint density at radius 1 is 1.05 bits per heavy atom. The third kappa shape index (κ3) is 2.96. The van der Waals surface area contributed by atoms with Gasteiger partial charge in [-0.05, 0) is 29.7 Å². The first kappa shape index (κ1) is 13.6. The summed E-state index contributed by atoms with van der Waals surface area (Å²) in [5, 5.41) is 0.398. The highest BCUT2D eigenvalue weighted by Gasteiger charge is 2.12. The molecule has 0 aliphatic heterocycles. The maximum absolute atomic E-state index is 11.1. The average molecular weight is 275 g/mol. The largest absolute Gasteiger partial charge is 0.456 e. The summed E-state index contributed by atoms with van der Waals surface area (Å²) in [6, 6.07) is 13.0. The molecule has 0 amide bonds. The van der Waals surface area contributed by atoms with Gasteiger partial charge in [-0.3, -0.25) is 4.79 Å². The summed E-state index contributed by atoms with van der Waals surface area (Å²) in [4.78, 5) is 11.1. The Bertz CT molecular complexity index is 591. The van der Waals surface area contributed by atoms with Gasteiger partial charge in [0.05, 0.1) is 10.6 Å². The lowest BCUT2D eigenvalue weighted by atomic mass is 10.0. The van der Waals surface area contributed by atoms with E-state index in [1.165, 1.54) is 0 Å². The molecular weight excluding hydrogens is 260 g/mol. The standard InChI is InChI=1S/C16H15ClO2/c1-11(2)12-6-3-4-8-15(12)19-16-9-5-7-14(17)13(16)10-18/h3-11H,1-2H3. The van der Waals surface area contributed by atoms with Crippen molar-refractivity contribution in [3.8, 4) is 11.5 Å². The van der Waals surface area contributed by atoms with Crippen LogP contribution in [0.4, 0.5) is 0 Å². The molecule has 0 N–H and O–H groups in total. The molecular formula is C16H15ClO2. The topological polar surface area (TPSA) is 26.3 Å². The highest BCUT2D eigenvalue weighted by Crippen LogP contribution is 2.33. The number of halogens is 1. The molecule has 0 unspecified atom stereocenters. The second kappa shape index (κ2) is 5.89. The Labute approximate surface area is 118 Å². The van der Waals surface area contributed by atoms with Gasteiger partial charge in [-0.25, -0.2) is 0 Å². The molecule has 0 bridgehead atoms. The molecule has 0 saturated carbocycles. The zero-order chi connectivity index (χ0) is 13.8. The van der Waals surface area contributed by atoms with Crippen LogP contribution < -0.4 is 4.74 Å². The number of benzene rings is 2. The van der Waals surface area contributed by atoms with Gasteiger partial charge in [-0.2, -0.15) is 0 Å². The summed E-state index contributed by atoms with van der Waals surface area (Å²) in [5.74, 6) is 1.58. The lowest BCUT2D eigenvalue weighted by molar-refractivity contribution is 0.112. The van der Waals surface area contributed by atoms with Crippen molar-refractivity contribution in [2.24, 2.45) is 0 Å². The van der Waals surface area contributed by atoms with Gasteiger partial charge in [0.25, 0.3) is 0 Å². The molecule has 0 aliphatic carbocycles. The van der Waals surface area contributed by atoms with Gasteiger partial charge in [0.1, 0.15) is 11.5 Å². The summed E-state index contributed by atoms with van der Waals surface area (Å²) < 4.78 is 5.86. The zero-order valence-corrected chi connectivity index (χ0v) is 11.6. The maximum Gasteiger partial charge on any atom is 0.155 e. The number of carbonyl (C=O) groups is 1. The number of para-hydroxylation sites is 1. The van der Waals surface area contributed by atoms with Crippen LogP contribution in [-0.4, -0.2) is 6.29 Å². The van der Waals surface area contributed by atoms with Crippen LogP contribution in [0.25, 0.3) is 0 Å². The van der Waals surface area contributed by atoms with Crippen LogP contribution in [0.1, 0.15) is 35.7 Å². The van der Waals surface area contributed by atoms with E-state index in [0.717, 1.165) is 17.6 Å². The molecule has 0 heterocycles. The minimum Gasteiger partial charge on any atom is -0.456 e. The van der Waals surface area contributed by atoms with Gasteiger partial charge in [0.2, 0.25) is 0 Å². The molecule has 19 heavy (non-hydrogen) atoms. The van der Waals surface area contributed by atoms with Crippen molar-refractivity contribution >= 4 is 17.9 Å². The van der Waals surface area contributed by atoms with Crippen LogP contribution in [0.15, 0.2) is 42.5 Å². The number of ether oxygens (including phenoxy) is 1. The molecule has 98 valence electrons. The van der Waals surface area contributed by atoms with E-state index in [-0.39, 0.29) is 0 Å². The minimum atomic E-state index is 0.343. The molecule has 0 aliphatic rings.